The highest BCUT2D eigenvalue weighted by Gasteiger charge is 2.11. The highest BCUT2D eigenvalue weighted by atomic mass is 35.5. The van der Waals surface area contributed by atoms with Crippen molar-refractivity contribution in [2.24, 2.45) is 0 Å². The predicted octanol–water partition coefficient (Wildman–Crippen LogP) is 7.10. The van der Waals surface area contributed by atoms with Crippen molar-refractivity contribution in [3.05, 3.63) is 87.4 Å². The zero-order valence-electron chi connectivity index (χ0n) is 15.0. The van der Waals surface area contributed by atoms with Gasteiger partial charge in [0.1, 0.15) is 22.6 Å². The van der Waals surface area contributed by atoms with Gasteiger partial charge < -0.3 is 4.42 Å². The highest BCUT2D eigenvalue weighted by molar-refractivity contribution is 7.11. The fraction of sp³-hybridized carbons (Fsp3) is 0.0435. The van der Waals surface area contributed by atoms with Crippen molar-refractivity contribution in [1.29, 1.82) is 5.26 Å². The number of thiazole rings is 1. The van der Waals surface area contributed by atoms with Gasteiger partial charge in [-0.3, -0.25) is 0 Å². The van der Waals surface area contributed by atoms with Gasteiger partial charge in [-0.05, 0) is 31.2 Å². The van der Waals surface area contributed by atoms with Gasteiger partial charge in [-0.15, -0.1) is 11.3 Å². The first-order chi connectivity index (χ1) is 13.6. The minimum atomic E-state index is 0.468. The summed E-state index contributed by atoms with van der Waals surface area (Å²) in [5.41, 5.74) is 4.45. The number of furan rings is 1. The van der Waals surface area contributed by atoms with Gasteiger partial charge in [0, 0.05) is 27.6 Å². The molecule has 0 atom stereocenters. The van der Waals surface area contributed by atoms with Crippen LogP contribution in [0.15, 0.2) is 70.5 Å². The number of aryl methyl sites for hydroxylation is 1. The molecule has 0 radical (unpaired) electrons. The van der Waals surface area contributed by atoms with Crippen LogP contribution in [0.5, 0.6) is 0 Å². The standard InChI is InChI=1S/C23H15ClN2OS/c1-15-5-7-16(8-6-15)21-14-28-23(26-21)18(13-25)12-20-9-10-22(27-20)17-3-2-4-19(24)11-17/h2-12,14H,1H3/b18-12+. The first-order valence-electron chi connectivity index (χ1n) is 8.63. The second-order valence-corrected chi connectivity index (χ2v) is 7.58. The second-order valence-electron chi connectivity index (χ2n) is 6.29. The van der Waals surface area contributed by atoms with Gasteiger partial charge in [-0.1, -0.05) is 53.6 Å². The number of nitrogens with zero attached hydrogens (tertiary/aromatic N) is 2. The highest BCUT2D eigenvalue weighted by Crippen LogP contribution is 2.29. The van der Waals surface area contributed by atoms with Crippen molar-refractivity contribution < 1.29 is 4.42 Å². The van der Waals surface area contributed by atoms with Gasteiger partial charge in [0.2, 0.25) is 0 Å². The quantitative estimate of drug-likeness (QED) is 0.342. The van der Waals surface area contributed by atoms with Gasteiger partial charge in [0.15, 0.2) is 0 Å². The molecule has 0 N–H and O–H groups in total. The van der Waals surface area contributed by atoms with E-state index in [9.17, 15) is 5.26 Å². The van der Waals surface area contributed by atoms with Crippen molar-refractivity contribution in [3.63, 3.8) is 0 Å². The number of rotatable bonds is 4. The largest absolute Gasteiger partial charge is 0.457 e. The van der Waals surface area contributed by atoms with Crippen molar-refractivity contribution in [2.75, 3.05) is 0 Å². The minimum absolute atomic E-state index is 0.468. The van der Waals surface area contributed by atoms with Crippen LogP contribution in [0.25, 0.3) is 34.2 Å². The molecule has 2 heterocycles. The third-order valence-electron chi connectivity index (χ3n) is 4.22. The third kappa shape index (κ3) is 3.91. The van der Waals surface area contributed by atoms with Gasteiger partial charge in [0.25, 0.3) is 0 Å². The van der Waals surface area contributed by atoms with E-state index in [4.69, 9.17) is 16.0 Å². The molecule has 0 aliphatic heterocycles. The van der Waals surface area contributed by atoms with E-state index in [1.807, 2.05) is 60.8 Å². The molecule has 28 heavy (non-hydrogen) atoms. The summed E-state index contributed by atoms with van der Waals surface area (Å²) in [6.07, 6.45) is 1.71. The van der Waals surface area contributed by atoms with Gasteiger partial charge >= 0.3 is 0 Å². The van der Waals surface area contributed by atoms with Crippen LogP contribution < -0.4 is 0 Å². The Hall–Kier alpha value is -3.13. The molecule has 136 valence electrons. The Kier molecular flexibility index (Phi) is 5.12. The zero-order chi connectivity index (χ0) is 19.5. The van der Waals surface area contributed by atoms with Crippen molar-refractivity contribution in [2.45, 2.75) is 6.92 Å². The maximum absolute atomic E-state index is 9.61. The molecular formula is C23H15ClN2OS. The molecule has 5 heteroatoms. The van der Waals surface area contributed by atoms with Gasteiger partial charge in [0.05, 0.1) is 11.3 Å². The number of hydrogen-bond donors (Lipinski definition) is 0. The Balaban J connectivity index is 1.62. The molecule has 4 aromatic rings. The van der Waals surface area contributed by atoms with E-state index in [2.05, 4.69) is 23.2 Å². The topological polar surface area (TPSA) is 49.8 Å². The minimum Gasteiger partial charge on any atom is -0.457 e. The Labute approximate surface area is 172 Å². The fourth-order valence-corrected chi connectivity index (χ4v) is 3.75. The van der Waals surface area contributed by atoms with Crippen molar-refractivity contribution in [1.82, 2.24) is 4.98 Å². The lowest BCUT2D eigenvalue weighted by Crippen LogP contribution is -1.82. The van der Waals surface area contributed by atoms with Crippen LogP contribution in [-0.4, -0.2) is 4.98 Å². The Morgan fingerprint density at radius 2 is 1.93 bits per heavy atom. The summed E-state index contributed by atoms with van der Waals surface area (Å²) in [4.78, 5) is 4.62. The summed E-state index contributed by atoms with van der Waals surface area (Å²) in [5.74, 6) is 1.30. The lowest BCUT2D eigenvalue weighted by atomic mass is 10.1. The van der Waals surface area contributed by atoms with Crippen molar-refractivity contribution >= 4 is 34.6 Å². The molecule has 0 amide bonds. The van der Waals surface area contributed by atoms with Crippen LogP contribution >= 0.6 is 22.9 Å². The average Bonchev–Trinajstić information content (AvgIpc) is 3.37. The van der Waals surface area contributed by atoms with E-state index in [0.29, 0.717) is 27.1 Å². The van der Waals surface area contributed by atoms with E-state index in [0.717, 1.165) is 16.8 Å². The van der Waals surface area contributed by atoms with Crippen LogP contribution in [0.3, 0.4) is 0 Å². The maximum atomic E-state index is 9.61. The summed E-state index contributed by atoms with van der Waals surface area (Å²) in [7, 11) is 0. The molecule has 0 saturated heterocycles. The summed E-state index contributed by atoms with van der Waals surface area (Å²) >= 11 is 7.49. The predicted molar refractivity (Wildman–Crippen MR) is 115 cm³/mol. The number of hydrogen-bond acceptors (Lipinski definition) is 4. The van der Waals surface area contributed by atoms with Crippen LogP contribution in [0.1, 0.15) is 16.3 Å². The number of allylic oxidation sites excluding steroid dienone is 1. The van der Waals surface area contributed by atoms with Crippen LogP contribution in [0, 0.1) is 18.3 Å². The summed E-state index contributed by atoms with van der Waals surface area (Å²) < 4.78 is 5.87. The molecule has 0 aliphatic rings. The lowest BCUT2D eigenvalue weighted by Gasteiger charge is -1.98. The molecule has 2 aromatic heterocycles. The zero-order valence-corrected chi connectivity index (χ0v) is 16.6. The summed E-state index contributed by atoms with van der Waals surface area (Å²) in [6.45, 7) is 2.05. The number of halogens is 1. The van der Waals surface area contributed by atoms with E-state index in [1.54, 1.807) is 6.08 Å². The Morgan fingerprint density at radius 1 is 1.11 bits per heavy atom. The smallest absolute Gasteiger partial charge is 0.134 e. The first-order valence-corrected chi connectivity index (χ1v) is 9.88. The number of benzene rings is 2. The normalized spacial score (nSPS) is 11.4. The van der Waals surface area contributed by atoms with E-state index < -0.39 is 0 Å². The fourth-order valence-electron chi connectivity index (χ4n) is 2.77. The lowest BCUT2D eigenvalue weighted by molar-refractivity contribution is 0.572. The molecule has 0 spiro atoms. The Morgan fingerprint density at radius 3 is 2.68 bits per heavy atom. The molecule has 3 nitrogen and oxygen atoms in total. The Bertz CT molecular complexity index is 1200. The van der Waals surface area contributed by atoms with Crippen LogP contribution in [0.4, 0.5) is 0 Å². The van der Waals surface area contributed by atoms with Crippen LogP contribution in [0.2, 0.25) is 5.02 Å². The molecule has 2 aromatic carbocycles. The van der Waals surface area contributed by atoms with Gasteiger partial charge in [-0.25, -0.2) is 4.98 Å². The molecular weight excluding hydrogens is 388 g/mol. The second kappa shape index (κ2) is 7.85. The molecule has 0 saturated carbocycles. The monoisotopic (exact) mass is 402 g/mol. The molecule has 4 rings (SSSR count). The molecule has 0 unspecified atom stereocenters. The van der Waals surface area contributed by atoms with E-state index in [1.165, 1.54) is 16.9 Å². The molecule has 0 aliphatic carbocycles. The molecule has 0 fully saturated rings. The van der Waals surface area contributed by atoms with Crippen molar-refractivity contribution in [3.8, 4) is 28.7 Å². The summed E-state index contributed by atoms with van der Waals surface area (Å²) in [6, 6.07) is 21.6. The van der Waals surface area contributed by atoms with E-state index in [-0.39, 0.29) is 0 Å². The first kappa shape index (κ1) is 18.2. The molecule has 0 bridgehead atoms. The van der Waals surface area contributed by atoms with Crippen LogP contribution in [-0.2, 0) is 0 Å². The van der Waals surface area contributed by atoms with Gasteiger partial charge in [-0.2, -0.15) is 5.26 Å². The SMILES string of the molecule is Cc1ccc(-c2csc(/C(C#N)=C/c3ccc(-c4cccc(Cl)c4)o3)n2)cc1. The number of nitriles is 1. The average molecular weight is 403 g/mol. The van der Waals surface area contributed by atoms with E-state index >= 15 is 0 Å². The maximum Gasteiger partial charge on any atom is 0.134 e. The summed E-state index contributed by atoms with van der Waals surface area (Å²) in [5, 5.41) is 12.9. The third-order valence-corrected chi connectivity index (χ3v) is 5.34. The number of aromatic nitrogens is 1.